The van der Waals surface area contributed by atoms with Gasteiger partial charge in [0, 0.05) is 11.6 Å². The lowest BCUT2D eigenvalue weighted by atomic mass is 10.1. The molecule has 0 saturated carbocycles. The minimum atomic E-state index is 0.301. The Hall–Kier alpha value is -0.0800. The first-order valence-electron chi connectivity index (χ1n) is 6.20. The maximum absolute atomic E-state index is 2.45. The van der Waals surface area contributed by atoms with E-state index in [9.17, 15) is 0 Å². The second-order valence-electron chi connectivity index (χ2n) is 5.68. The largest absolute Gasteiger partial charge is 0.304 e. The normalized spacial score (nSPS) is 15.0. The van der Waals surface area contributed by atoms with Crippen molar-refractivity contribution in [1.82, 2.24) is 9.80 Å². The van der Waals surface area contributed by atoms with Crippen LogP contribution in [0, 0.1) is 0 Å². The molecule has 15 heavy (non-hydrogen) atoms. The molecule has 2 heteroatoms. The third kappa shape index (κ3) is 6.16. The zero-order chi connectivity index (χ0) is 12.1. The van der Waals surface area contributed by atoms with E-state index < -0.39 is 0 Å². The van der Waals surface area contributed by atoms with Crippen molar-refractivity contribution in [2.24, 2.45) is 0 Å². The summed E-state index contributed by atoms with van der Waals surface area (Å²) in [5.74, 6) is 0. The first kappa shape index (κ1) is 14.9. The van der Waals surface area contributed by atoms with Gasteiger partial charge in [0.05, 0.1) is 0 Å². The highest BCUT2D eigenvalue weighted by molar-refractivity contribution is 4.73. The van der Waals surface area contributed by atoms with Crippen LogP contribution in [0.1, 0.15) is 47.5 Å². The van der Waals surface area contributed by atoms with Crippen LogP contribution in [-0.2, 0) is 0 Å². The molecule has 0 N–H and O–H groups in total. The first-order valence-corrected chi connectivity index (χ1v) is 6.20. The Morgan fingerprint density at radius 3 is 2.00 bits per heavy atom. The van der Waals surface area contributed by atoms with Crippen LogP contribution in [-0.4, -0.2) is 48.6 Å². The smallest absolute Gasteiger partial charge is 0.0122 e. The van der Waals surface area contributed by atoms with Gasteiger partial charge in [-0.05, 0) is 67.7 Å². The van der Waals surface area contributed by atoms with Gasteiger partial charge >= 0.3 is 0 Å². The lowest BCUT2D eigenvalue weighted by molar-refractivity contribution is 0.159. The van der Waals surface area contributed by atoms with Gasteiger partial charge in [-0.15, -0.1) is 0 Å². The first-order chi connectivity index (χ1) is 6.79. The van der Waals surface area contributed by atoms with Crippen molar-refractivity contribution < 1.29 is 0 Å². The molecule has 2 nitrogen and oxygen atoms in total. The number of nitrogens with zero attached hydrogens (tertiary/aromatic N) is 2. The zero-order valence-corrected chi connectivity index (χ0v) is 11.8. The van der Waals surface area contributed by atoms with E-state index in [-0.39, 0.29) is 0 Å². The summed E-state index contributed by atoms with van der Waals surface area (Å²) in [6.45, 7) is 13.7. The predicted octanol–water partition coefficient (Wildman–Crippen LogP) is 2.84. The van der Waals surface area contributed by atoms with E-state index in [0.29, 0.717) is 11.6 Å². The van der Waals surface area contributed by atoms with Crippen molar-refractivity contribution in [3.63, 3.8) is 0 Å². The molecule has 0 saturated heterocycles. The van der Waals surface area contributed by atoms with E-state index in [1.54, 1.807) is 0 Å². The molecule has 0 aromatic rings. The van der Waals surface area contributed by atoms with Crippen molar-refractivity contribution in [2.75, 3.05) is 27.2 Å². The van der Waals surface area contributed by atoms with Crippen molar-refractivity contribution in [3.05, 3.63) is 0 Å². The molecule has 0 spiro atoms. The third-order valence-electron chi connectivity index (χ3n) is 3.49. The minimum Gasteiger partial charge on any atom is -0.304 e. The van der Waals surface area contributed by atoms with Gasteiger partial charge in [-0.1, -0.05) is 6.92 Å². The van der Waals surface area contributed by atoms with Gasteiger partial charge < -0.3 is 9.80 Å². The number of hydrogen-bond acceptors (Lipinski definition) is 2. The Kier molecular flexibility index (Phi) is 6.46. The summed E-state index contributed by atoms with van der Waals surface area (Å²) in [6.07, 6.45) is 2.50. The summed E-state index contributed by atoms with van der Waals surface area (Å²) >= 11 is 0. The Labute approximate surface area is 96.6 Å². The molecule has 0 aromatic heterocycles. The van der Waals surface area contributed by atoms with Crippen LogP contribution in [0.3, 0.4) is 0 Å². The Morgan fingerprint density at radius 1 is 1.07 bits per heavy atom. The molecule has 0 fully saturated rings. The molecule has 1 unspecified atom stereocenters. The zero-order valence-electron chi connectivity index (χ0n) is 11.8. The predicted molar refractivity (Wildman–Crippen MR) is 69.4 cm³/mol. The standard InChI is InChI=1S/C13H30N2/c1-8-12(2)14(6)10-9-11-15(7)13(3,4)5/h12H,8-11H2,1-7H3. The van der Waals surface area contributed by atoms with Gasteiger partial charge in [0.15, 0.2) is 0 Å². The SMILES string of the molecule is CCC(C)N(C)CCCN(C)C(C)(C)C. The van der Waals surface area contributed by atoms with Gasteiger partial charge in [0.25, 0.3) is 0 Å². The molecule has 0 rings (SSSR count). The van der Waals surface area contributed by atoms with Crippen molar-refractivity contribution >= 4 is 0 Å². The highest BCUT2D eigenvalue weighted by Crippen LogP contribution is 2.10. The van der Waals surface area contributed by atoms with Crippen LogP contribution in [0.25, 0.3) is 0 Å². The van der Waals surface area contributed by atoms with Crippen molar-refractivity contribution in [2.45, 2.75) is 59.0 Å². The minimum absolute atomic E-state index is 0.301. The maximum Gasteiger partial charge on any atom is 0.0122 e. The van der Waals surface area contributed by atoms with Gasteiger partial charge in [-0.3, -0.25) is 0 Å². The molecule has 0 aliphatic carbocycles. The van der Waals surface area contributed by atoms with Gasteiger partial charge in [0.1, 0.15) is 0 Å². The molecule has 0 aliphatic rings. The van der Waals surface area contributed by atoms with Crippen LogP contribution in [0.5, 0.6) is 0 Å². The lowest BCUT2D eigenvalue weighted by Crippen LogP contribution is -2.40. The Morgan fingerprint density at radius 2 is 1.60 bits per heavy atom. The number of hydrogen-bond donors (Lipinski definition) is 0. The van der Waals surface area contributed by atoms with E-state index in [1.165, 1.54) is 25.9 Å². The van der Waals surface area contributed by atoms with E-state index in [1.807, 2.05) is 0 Å². The summed E-state index contributed by atoms with van der Waals surface area (Å²) in [5, 5.41) is 0. The third-order valence-corrected chi connectivity index (χ3v) is 3.49. The molecule has 0 bridgehead atoms. The summed E-state index contributed by atoms with van der Waals surface area (Å²) in [7, 11) is 4.44. The highest BCUT2D eigenvalue weighted by Gasteiger charge is 2.16. The second kappa shape index (κ2) is 6.49. The molecule has 0 aromatic carbocycles. The van der Waals surface area contributed by atoms with Crippen LogP contribution in [0.2, 0.25) is 0 Å². The molecule has 0 radical (unpaired) electrons. The molecule has 0 aliphatic heterocycles. The summed E-state index contributed by atoms with van der Waals surface area (Å²) in [6, 6.07) is 0.713. The van der Waals surface area contributed by atoms with Gasteiger partial charge in [-0.2, -0.15) is 0 Å². The molecule has 0 heterocycles. The van der Waals surface area contributed by atoms with E-state index in [0.717, 1.165) is 0 Å². The molecule has 92 valence electrons. The lowest BCUT2D eigenvalue weighted by Gasteiger charge is -2.33. The van der Waals surface area contributed by atoms with Gasteiger partial charge in [0.2, 0.25) is 0 Å². The topological polar surface area (TPSA) is 6.48 Å². The fourth-order valence-electron chi connectivity index (χ4n) is 1.42. The Bertz CT molecular complexity index is 160. The quantitative estimate of drug-likeness (QED) is 0.671. The van der Waals surface area contributed by atoms with Gasteiger partial charge in [-0.25, -0.2) is 0 Å². The average molecular weight is 214 g/mol. The fraction of sp³-hybridized carbons (Fsp3) is 1.00. The maximum atomic E-state index is 2.45. The monoisotopic (exact) mass is 214 g/mol. The highest BCUT2D eigenvalue weighted by atomic mass is 15.2. The fourth-order valence-corrected chi connectivity index (χ4v) is 1.42. The summed E-state index contributed by atoms with van der Waals surface area (Å²) < 4.78 is 0. The van der Waals surface area contributed by atoms with Crippen molar-refractivity contribution in [3.8, 4) is 0 Å². The average Bonchev–Trinajstić information content (AvgIpc) is 2.14. The van der Waals surface area contributed by atoms with Crippen LogP contribution in [0.4, 0.5) is 0 Å². The number of rotatable bonds is 6. The van der Waals surface area contributed by atoms with Crippen molar-refractivity contribution in [1.29, 1.82) is 0 Å². The van der Waals surface area contributed by atoms with E-state index in [2.05, 4.69) is 58.5 Å². The molecular weight excluding hydrogens is 184 g/mol. The van der Waals surface area contributed by atoms with E-state index in [4.69, 9.17) is 0 Å². The Balaban J connectivity index is 3.71. The molecule has 1 atom stereocenters. The van der Waals surface area contributed by atoms with E-state index >= 15 is 0 Å². The summed E-state index contributed by atoms with van der Waals surface area (Å²) in [5.41, 5.74) is 0.301. The molecule has 0 amide bonds. The van der Waals surface area contributed by atoms with Crippen LogP contribution in [0.15, 0.2) is 0 Å². The molecular formula is C13H30N2. The second-order valence-corrected chi connectivity index (χ2v) is 5.68. The van der Waals surface area contributed by atoms with Crippen LogP contribution >= 0.6 is 0 Å². The summed E-state index contributed by atoms with van der Waals surface area (Å²) in [4.78, 5) is 4.88. The van der Waals surface area contributed by atoms with Crippen LogP contribution < -0.4 is 0 Å².